The molecule has 1 rings (SSSR count). The Kier molecular flexibility index (Phi) is 1.12. The molecule has 0 N–H and O–H groups in total. The molecule has 0 bridgehead atoms. The molecule has 0 aliphatic carbocycles. The Morgan fingerprint density at radius 2 is 2.22 bits per heavy atom. The van der Waals surface area contributed by atoms with E-state index in [2.05, 4.69) is 25.5 Å². The molecule has 1 aliphatic heterocycles. The number of hydrazone groups is 1. The van der Waals surface area contributed by atoms with Gasteiger partial charge in [-0.2, -0.15) is 5.10 Å². The average molecular weight is 124 g/mol. The lowest BCUT2D eigenvalue weighted by Crippen LogP contribution is -2.16. The molecule has 2 heteroatoms. The molecule has 9 heavy (non-hydrogen) atoms. The molecule has 0 atom stereocenters. The van der Waals surface area contributed by atoms with Crippen LogP contribution in [-0.4, -0.2) is 18.3 Å². The van der Waals surface area contributed by atoms with Crippen LogP contribution < -0.4 is 0 Å². The van der Waals surface area contributed by atoms with E-state index >= 15 is 0 Å². The third-order valence-electron chi connectivity index (χ3n) is 1.69. The smallest absolute Gasteiger partial charge is 0.0430 e. The fourth-order valence-electron chi connectivity index (χ4n) is 0.792. The topological polar surface area (TPSA) is 15.6 Å². The van der Waals surface area contributed by atoms with Gasteiger partial charge in [-0.3, -0.25) is 5.01 Å². The van der Waals surface area contributed by atoms with Crippen LogP contribution in [0.15, 0.2) is 17.4 Å². The SMILES string of the molecule is C=C1N(C)N=CC1(C)C. The molecule has 0 amide bonds. The molecule has 0 spiro atoms. The van der Waals surface area contributed by atoms with Crippen molar-refractivity contribution in [3.8, 4) is 0 Å². The minimum Gasteiger partial charge on any atom is -0.273 e. The highest BCUT2D eigenvalue weighted by Gasteiger charge is 2.27. The van der Waals surface area contributed by atoms with E-state index < -0.39 is 0 Å². The summed E-state index contributed by atoms with van der Waals surface area (Å²) in [5, 5.41) is 5.88. The van der Waals surface area contributed by atoms with E-state index in [1.54, 1.807) is 5.01 Å². The van der Waals surface area contributed by atoms with Gasteiger partial charge in [-0.05, 0) is 13.8 Å². The Morgan fingerprint density at radius 1 is 1.67 bits per heavy atom. The fraction of sp³-hybridized carbons (Fsp3) is 0.571. The maximum atomic E-state index is 4.08. The molecule has 0 radical (unpaired) electrons. The molecule has 50 valence electrons. The zero-order valence-corrected chi connectivity index (χ0v) is 6.18. The number of allylic oxidation sites excluding steroid dienone is 1. The molecule has 0 saturated heterocycles. The summed E-state index contributed by atoms with van der Waals surface area (Å²) in [6, 6.07) is 0. The molecule has 0 fully saturated rings. The van der Waals surface area contributed by atoms with Crippen LogP contribution in [0, 0.1) is 5.41 Å². The second-order valence-corrected chi connectivity index (χ2v) is 2.94. The van der Waals surface area contributed by atoms with Crippen LogP contribution in [0.2, 0.25) is 0 Å². The van der Waals surface area contributed by atoms with Gasteiger partial charge < -0.3 is 0 Å². The third kappa shape index (κ3) is 0.846. The van der Waals surface area contributed by atoms with E-state index in [1.165, 1.54) is 0 Å². The standard InChI is InChI=1S/C7H12N2/c1-6-7(2,3)5-8-9(6)4/h5H,1H2,2-4H3. The number of nitrogens with zero attached hydrogens (tertiary/aromatic N) is 2. The first-order chi connectivity index (χ1) is 4.04. The predicted octanol–water partition coefficient (Wildman–Crippen LogP) is 1.46. The molecular weight excluding hydrogens is 112 g/mol. The Bertz CT molecular complexity index is 168. The van der Waals surface area contributed by atoms with E-state index in [4.69, 9.17) is 0 Å². The van der Waals surface area contributed by atoms with E-state index in [9.17, 15) is 0 Å². The Hall–Kier alpha value is -0.790. The second kappa shape index (κ2) is 1.59. The van der Waals surface area contributed by atoms with Gasteiger partial charge in [0, 0.05) is 24.4 Å². The van der Waals surface area contributed by atoms with Gasteiger partial charge in [-0.1, -0.05) is 6.58 Å². The summed E-state index contributed by atoms with van der Waals surface area (Å²) < 4.78 is 0. The van der Waals surface area contributed by atoms with Gasteiger partial charge >= 0.3 is 0 Å². The van der Waals surface area contributed by atoms with E-state index in [-0.39, 0.29) is 5.41 Å². The first-order valence-corrected chi connectivity index (χ1v) is 3.02. The number of hydrogen-bond donors (Lipinski definition) is 0. The summed E-state index contributed by atoms with van der Waals surface area (Å²) in [5.74, 6) is 0. The van der Waals surface area contributed by atoms with E-state index in [1.807, 2.05) is 13.3 Å². The van der Waals surface area contributed by atoms with Gasteiger partial charge in [-0.15, -0.1) is 0 Å². The average Bonchev–Trinajstić information content (AvgIpc) is 1.97. The monoisotopic (exact) mass is 124 g/mol. The van der Waals surface area contributed by atoms with Gasteiger partial charge in [0.05, 0.1) is 0 Å². The molecule has 1 heterocycles. The van der Waals surface area contributed by atoms with Gasteiger partial charge in [0.2, 0.25) is 0 Å². The van der Waals surface area contributed by atoms with Crippen molar-refractivity contribution >= 4 is 6.21 Å². The van der Waals surface area contributed by atoms with Crippen LogP contribution in [0.5, 0.6) is 0 Å². The van der Waals surface area contributed by atoms with Gasteiger partial charge in [0.15, 0.2) is 0 Å². The lowest BCUT2D eigenvalue weighted by Gasteiger charge is -2.18. The van der Waals surface area contributed by atoms with Gasteiger partial charge in [-0.25, -0.2) is 0 Å². The molecule has 2 nitrogen and oxygen atoms in total. The summed E-state index contributed by atoms with van der Waals surface area (Å²) >= 11 is 0. The maximum absolute atomic E-state index is 4.08. The summed E-state index contributed by atoms with van der Waals surface area (Å²) in [4.78, 5) is 0. The molecule has 0 aromatic carbocycles. The minimum absolute atomic E-state index is 0.0642. The van der Waals surface area contributed by atoms with Crippen molar-refractivity contribution < 1.29 is 0 Å². The summed E-state index contributed by atoms with van der Waals surface area (Å²) in [6.45, 7) is 8.09. The Morgan fingerprint density at radius 3 is 2.33 bits per heavy atom. The van der Waals surface area contributed by atoms with Crippen molar-refractivity contribution in [3.63, 3.8) is 0 Å². The van der Waals surface area contributed by atoms with Crippen molar-refractivity contribution in [2.45, 2.75) is 13.8 Å². The lowest BCUT2D eigenvalue weighted by molar-refractivity contribution is 0.413. The zero-order chi connectivity index (χ0) is 7.07. The molecule has 0 aromatic rings. The van der Waals surface area contributed by atoms with Crippen molar-refractivity contribution in [1.29, 1.82) is 0 Å². The van der Waals surface area contributed by atoms with Gasteiger partial charge in [0.1, 0.15) is 0 Å². The van der Waals surface area contributed by atoms with E-state index in [0.29, 0.717) is 0 Å². The Balaban J connectivity index is 2.86. The third-order valence-corrected chi connectivity index (χ3v) is 1.69. The molecular formula is C7H12N2. The highest BCUT2D eigenvalue weighted by Crippen LogP contribution is 2.29. The maximum Gasteiger partial charge on any atom is 0.0430 e. The van der Waals surface area contributed by atoms with Crippen LogP contribution >= 0.6 is 0 Å². The number of hydrogen-bond acceptors (Lipinski definition) is 2. The van der Waals surface area contributed by atoms with Crippen LogP contribution in [-0.2, 0) is 0 Å². The van der Waals surface area contributed by atoms with Crippen LogP contribution in [0.1, 0.15) is 13.8 Å². The number of rotatable bonds is 0. The van der Waals surface area contributed by atoms with Crippen molar-refractivity contribution in [1.82, 2.24) is 5.01 Å². The summed E-state index contributed by atoms with van der Waals surface area (Å²) in [5.41, 5.74) is 1.12. The quantitative estimate of drug-likeness (QED) is 0.477. The highest BCUT2D eigenvalue weighted by atomic mass is 15.5. The summed E-state index contributed by atoms with van der Waals surface area (Å²) in [6.07, 6.45) is 1.91. The molecule has 1 aliphatic rings. The Labute approximate surface area is 55.9 Å². The van der Waals surface area contributed by atoms with Gasteiger partial charge in [0.25, 0.3) is 0 Å². The second-order valence-electron chi connectivity index (χ2n) is 2.94. The largest absolute Gasteiger partial charge is 0.273 e. The van der Waals surface area contributed by atoms with Crippen LogP contribution in [0.3, 0.4) is 0 Å². The first-order valence-electron chi connectivity index (χ1n) is 3.02. The van der Waals surface area contributed by atoms with Crippen LogP contribution in [0.25, 0.3) is 0 Å². The zero-order valence-electron chi connectivity index (χ0n) is 6.18. The fourth-order valence-corrected chi connectivity index (χ4v) is 0.792. The minimum atomic E-state index is 0.0642. The van der Waals surface area contributed by atoms with Crippen LogP contribution in [0.4, 0.5) is 0 Å². The summed E-state index contributed by atoms with van der Waals surface area (Å²) in [7, 11) is 1.91. The molecule has 0 aromatic heterocycles. The normalized spacial score (nSPS) is 23.4. The molecule has 0 saturated carbocycles. The highest BCUT2D eigenvalue weighted by molar-refractivity contribution is 5.71. The molecule has 0 unspecified atom stereocenters. The van der Waals surface area contributed by atoms with Crippen molar-refractivity contribution in [3.05, 3.63) is 12.3 Å². The lowest BCUT2D eigenvalue weighted by atomic mass is 9.93. The predicted molar refractivity (Wildman–Crippen MR) is 39.2 cm³/mol. The van der Waals surface area contributed by atoms with E-state index in [0.717, 1.165) is 5.70 Å². The van der Waals surface area contributed by atoms with Crippen molar-refractivity contribution in [2.75, 3.05) is 7.05 Å². The first kappa shape index (κ1) is 6.33. The van der Waals surface area contributed by atoms with Crippen molar-refractivity contribution in [2.24, 2.45) is 10.5 Å².